The first-order chi connectivity index (χ1) is 10.5. The lowest BCUT2D eigenvalue weighted by atomic mass is 10.1. The van der Waals surface area contributed by atoms with Crippen LogP contribution >= 0.6 is 27.5 Å². The van der Waals surface area contributed by atoms with Crippen LogP contribution in [0.15, 0.2) is 54.6 Å². The summed E-state index contributed by atoms with van der Waals surface area (Å²) in [5.74, 6) is -0.449. The van der Waals surface area contributed by atoms with Crippen LogP contribution in [0.4, 0.5) is 4.39 Å². The van der Waals surface area contributed by atoms with Crippen molar-refractivity contribution in [2.24, 2.45) is 0 Å². The standard InChI is InChI=1S/C17H15BrClFO2/c18-11-10-17(19,20)15-8-6-14(7-9-15)16(21)22-12-13-4-2-1-3-5-13/h1-9H,10-12H2. The van der Waals surface area contributed by atoms with E-state index in [1.807, 2.05) is 30.3 Å². The van der Waals surface area contributed by atoms with Gasteiger partial charge >= 0.3 is 5.97 Å². The number of ether oxygens (including phenoxy) is 1. The van der Waals surface area contributed by atoms with Gasteiger partial charge in [-0.25, -0.2) is 9.18 Å². The predicted molar refractivity (Wildman–Crippen MR) is 89.1 cm³/mol. The third-order valence-corrected chi connectivity index (χ3v) is 3.97. The van der Waals surface area contributed by atoms with Crippen molar-refractivity contribution in [3.63, 3.8) is 0 Å². The highest BCUT2D eigenvalue weighted by Crippen LogP contribution is 2.35. The molecule has 1 atom stereocenters. The largest absolute Gasteiger partial charge is 0.457 e. The molecule has 0 spiro atoms. The zero-order valence-electron chi connectivity index (χ0n) is 11.8. The molecule has 1 unspecified atom stereocenters. The summed E-state index contributed by atoms with van der Waals surface area (Å²) in [6, 6.07) is 15.5. The van der Waals surface area contributed by atoms with E-state index in [2.05, 4.69) is 15.9 Å². The molecule has 0 saturated heterocycles. The number of hydrogen-bond donors (Lipinski definition) is 0. The van der Waals surface area contributed by atoms with E-state index in [-0.39, 0.29) is 13.0 Å². The molecule has 5 heteroatoms. The smallest absolute Gasteiger partial charge is 0.338 e. The van der Waals surface area contributed by atoms with Crippen LogP contribution in [0.3, 0.4) is 0 Å². The van der Waals surface area contributed by atoms with Crippen LogP contribution in [0.25, 0.3) is 0 Å². The highest BCUT2D eigenvalue weighted by atomic mass is 79.9. The lowest BCUT2D eigenvalue weighted by Gasteiger charge is -2.17. The second-order valence-corrected chi connectivity index (χ2v) is 6.17. The Kier molecular flexibility index (Phi) is 5.98. The summed E-state index contributed by atoms with van der Waals surface area (Å²) in [6.45, 7) is 0.202. The molecule has 2 aromatic carbocycles. The fourth-order valence-corrected chi connectivity index (χ4v) is 2.91. The number of halogens is 3. The van der Waals surface area contributed by atoms with Crippen LogP contribution in [-0.2, 0) is 16.5 Å². The van der Waals surface area contributed by atoms with Crippen LogP contribution in [0.5, 0.6) is 0 Å². The van der Waals surface area contributed by atoms with Crippen molar-refractivity contribution in [2.45, 2.75) is 18.2 Å². The Balaban J connectivity index is 1.99. The quantitative estimate of drug-likeness (QED) is 0.505. The van der Waals surface area contributed by atoms with Gasteiger partial charge in [0.05, 0.1) is 5.56 Å². The van der Waals surface area contributed by atoms with Crippen LogP contribution in [-0.4, -0.2) is 11.3 Å². The van der Waals surface area contributed by atoms with E-state index in [1.165, 1.54) is 24.3 Å². The molecule has 0 aromatic heterocycles. The van der Waals surface area contributed by atoms with Gasteiger partial charge in [-0.2, -0.15) is 0 Å². The Morgan fingerprint density at radius 3 is 2.36 bits per heavy atom. The Morgan fingerprint density at radius 2 is 1.77 bits per heavy atom. The van der Waals surface area contributed by atoms with Gasteiger partial charge in [0.2, 0.25) is 5.13 Å². The number of carbonyl (C=O) groups is 1. The van der Waals surface area contributed by atoms with Gasteiger partial charge in [-0.1, -0.05) is 70.0 Å². The molecule has 2 rings (SSSR count). The number of rotatable bonds is 6. The first kappa shape index (κ1) is 17.0. The van der Waals surface area contributed by atoms with Crippen molar-refractivity contribution in [3.8, 4) is 0 Å². The maximum Gasteiger partial charge on any atom is 0.338 e. The molecule has 0 aliphatic rings. The van der Waals surface area contributed by atoms with Crippen molar-refractivity contribution in [1.29, 1.82) is 0 Å². The lowest BCUT2D eigenvalue weighted by molar-refractivity contribution is 0.0472. The number of carbonyl (C=O) groups excluding carboxylic acids is 1. The Hall–Kier alpha value is -1.39. The lowest BCUT2D eigenvalue weighted by Crippen LogP contribution is -2.13. The molecule has 2 nitrogen and oxygen atoms in total. The van der Waals surface area contributed by atoms with Crippen molar-refractivity contribution in [2.75, 3.05) is 5.33 Å². The van der Waals surface area contributed by atoms with Crippen molar-refractivity contribution in [1.82, 2.24) is 0 Å². The summed E-state index contributed by atoms with van der Waals surface area (Å²) >= 11 is 8.99. The average molecular weight is 386 g/mol. The van der Waals surface area contributed by atoms with E-state index < -0.39 is 11.1 Å². The molecule has 0 amide bonds. The molecule has 0 fully saturated rings. The van der Waals surface area contributed by atoms with Gasteiger partial charge in [0.1, 0.15) is 6.61 Å². The SMILES string of the molecule is O=C(OCc1ccccc1)c1ccc(C(F)(Cl)CCBr)cc1. The second kappa shape index (κ2) is 7.75. The minimum Gasteiger partial charge on any atom is -0.457 e. The Bertz CT molecular complexity index is 614. The zero-order valence-corrected chi connectivity index (χ0v) is 14.1. The van der Waals surface area contributed by atoms with Crippen molar-refractivity contribution < 1.29 is 13.9 Å². The van der Waals surface area contributed by atoms with Gasteiger partial charge in [-0.3, -0.25) is 0 Å². The molecule has 2 aromatic rings. The highest BCUT2D eigenvalue weighted by Gasteiger charge is 2.28. The number of alkyl halides is 3. The first-order valence-corrected chi connectivity index (χ1v) is 8.28. The number of hydrogen-bond acceptors (Lipinski definition) is 2. The summed E-state index contributed by atoms with van der Waals surface area (Å²) in [5.41, 5.74) is 1.60. The monoisotopic (exact) mass is 384 g/mol. The maximum absolute atomic E-state index is 14.1. The molecule has 0 aliphatic heterocycles. The summed E-state index contributed by atoms with van der Waals surface area (Å²) in [7, 11) is 0. The predicted octanol–water partition coefficient (Wildman–Crippen LogP) is 5.19. The number of esters is 1. The van der Waals surface area contributed by atoms with E-state index in [1.54, 1.807) is 0 Å². The normalized spacial score (nSPS) is 13.4. The topological polar surface area (TPSA) is 26.3 Å². The van der Waals surface area contributed by atoms with E-state index in [0.717, 1.165) is 5.56 Å². The molecular weight excluding hydrogens is 371 g/mol. The van der Waals surface area contributed by atoms with Gasteiger partial charge in [-0.05, 0) is 17.7 Å². The van der Waals surface area contributed by atoms with E-state index in [4.69, 9.17) is 16.3 Å². The van der Waals surface area contributed by atoms with Crippen LogP contribution in [0.1, 0.15) is 27.9 Å². The average Bonchev–Trinajstić information content (AvgIpc) is 2.54. The van der Waals surface area contributed by atoms with Crippen LogP contribution in [0.2, 0.25) is 0 Å². The Morgan fingerprint density at radius 1 is 1.14 bits per heavy atom. The summed E-state index contributed by atoms with van der Waals surface area (Å²) < 4.78 is 19.4. The van der Waals surface area contributed by atoms with Gasteiger partial charge in [0, 0.05) is 17.3 Å². The minimum absolute atomic E-state index is 0.145. The van der Waals surface area contributed by atoms with E-state index in [9.17, 15) is 9.18 Å². The van der Waals surface area contributed by atoms with Crippen LogP contribution in [0, 0.1) is 0 Å². The molecule has 0 N–H and O–H groups in total. The first-order valence-electron chi connectivity index (χ1n) is 6.78. The fraction of sp³-hybridized carbons (Fsp3) is 0.235. The number of benzene rings is 2. The third kappa shape index (κ3) is 4.55. The van der Waals surface area contributed by atoms with Gasteiger partial charge in [-0.15, -0.1) is 0 Å². The summed E-state index contributed by atoms with van der Waals surface area (Å²) in [5, 5.41) is -1.48. The van der Waals surface area contributed by atoms with Gasteiger partial charge in [0.15, 0.2) is 0 Å². The van der Waals surface area contributed by atoms with Crippen LogP contribution < -0.4 is 0 Å². The molecule has 116 valence electrons. The Labute approximate surface area is 142 Å². The van der Waals surface area contributed by atoms with E-state index in [0.29, 0.717) is 16.5 Å². The second-order valence-electron chi connectivity index (χ2n) is 4.78. The summed E-state index contributed by atoms with van der Waals surface area (Å²) in [4.78, 5) is 11.9. The van der Waals surface area contributed by atoms with Gasteiger partial charge in [0.25, 0.3) is 0 Å². The molecule has 0 aliphatic carbocycles. The van der Waals surface area contributed by atoms with Crippen molar-refractivity contribution >= 4 is 33.5 Å². The minimum atomic E-state index is -1.93. The van der Waals surface area contributed by atoms with E-state index >= 15 is 0 Å². The molecule has 0 radical (unpaired) electrons. The highest BCUT2D eigenvalue weighted by molar-refractivity contribution is 9.09. The third-order valence-electron chi connectivity index (χ3n) is 3.16. The molecule has 22 heavy (non-hydrogen) atoms. The maximum atomic E-state index is 14.1. The molecule has 0 heterocycles. The zero-order chi connectivity index (χ0) is 16.0. The fourth-order valence-electron chi connectivity index (χ4n) is 1.92. The molecule has 0 bridgehead atoms. The molecular formula is C17H15BrClFO2. The van der Waals surface area contributed by atoms with Gasteiger partial charge < -0.3 is 4.74 Å². The molecule has 0 saturated carbocycles. The summed E-state index contributed by atoms with van der Waals surface area (Å²) in [6.07, 6.45) is 0.145. The van der Waals surface area contributed by atoms with Crippen molar-refractivity contribution in [3.05, 3.63) is 71.3 Å².